The number of primary amides is 1. The normalized spacial score (nSPS) is 19.5. The number of rotatable bonds is 39. The minimum absolute atomic E-state index is 0.00869. The Bertz CT molecular complexity index is 3590. The lowest BCUT2D eigenvalue weighted by atomic mass is 9.84. The van der Waals surface area contributed by atoms with Crippen LogP contribution in [0.3, 0.4) is 0 Å². The number of likely N-dealkylation sites (tertiary alicyclic amines) is 2. The molecule has 4 heterocycles. The Morgan fingerprint density at radius 2 is 1.39 bits per heavy atom. The molecule has 1 aromatic heterocycles. The molecule has 564 valence electrons. The van der Waals surface area contributed by atoms with E-state index in [9.17, 15) is 52.7 Å². The lowest BCUT2D eigenvalue weighted by Crippen LogP contribution is -2.58. The molecule has 12 amide bonds. The van der Waals surface area contributed by atoms with Crippen molar-refractivity contribution in [2.24, 2.45) is 41.2 Å². The summed E-state index contributed by atoms with van der Waals surface area (Å²) in [6, 6.07) is 20.4. The summed E-state index contributed by atoms with van der Waals surface area (Å²) in [6.45, 7) is 13.9. The zero-order valence-corrected chi connectivity index (χ0v) is 61.5. The number of nitrogens with one attached hydrogen (secondary N) is 8. The summed E-state index contributed by atoms with van der Waals surface area (Å²) in [5.74, 6) is -4.85. The van der Waals surface area contributed by atoms with E-state index in [1.807, 2.05) is 93.3 Å². The summed E-state index contributed by atoms with van der Waals surface area (Å²) in [6.07, 6.45) is 8.78. The van der Waals surface area contributed by atoms with Gasteiger partial charge in [0, 0.05) is 76.6 Å². The van der Waals surface area contributed by atoms with E-state index >= 15 is 0 Å². The fourth-order valence-corrected chi connectivity index (χ4v) is 14.7. The van der Waals surface area contributed by atoms with Gasteiger partial charge in [-0.1, -0.05) is 134 Å². The van der Waals surface area contributed by atoms with Crippen LogP contribution in [0, 0.1) is 35.5 Å². The number of carbonyl (C=O) groups excluding carboxylic acids is 11. The number of aromatic nitrogens is 2. The van der Waals surface area contributed by atoms with Crippen LogP contribution in [0.15, 0.2) is 103 Å². The van der Waals surface area contributed by atoms with E-state index in [-0.39, 0.29) is 117 Å². The fourth-order valence-electron chi connectivity index (χ4n) is 14.7. The number of ether oxygens (including phenoxy) is 3. The number of methoxy groups -OCH3 is 2. The van der Waals surface area contributed by atoms with E-state index in [0.717, 1.165) is 28.1 Å². The number of carbonyl (C=O) groups is 11. The molecule has 27 heteroatoms. The van der Waals surface area contributed by atoms with Gasteiger partial charge in [-0.15, -0.1) is 0 Å². The van der Waals surface area contributed by atoms with Crippen molar-refractivity contribution in [1.82, 2.24) is 56.6 Å². The minimum Gasteiger partial charge on any atom is -0.445 e. The number of nitrogens with zero attached hydrogens (tertiary/aromatic N) is 4. The molecule has 0 spiro atoms. The maximum Gasteiger partial charge on any atom is 0.411 e. The lowest BCUT2D eigenvalue weighted by molar-refractivity contribution is -0.143. The summed E-state index contributed by atoms with van der Waals surface area (Å²) in [7, 11) is 3.13. The van der Waals surface area contributed by atoms with Crippen molar-refractivity contribution in [2.45, 2.75) is 199 Å². The van der Waals surface area contributed by atoms with Crippen molar-refractivity contribution >= 4 is 71.0 Å². The molecule has 1 aliphatic carbocycles. The zero-order valence-electron chi connectivity index (χ0n) is 61.5. The number of urea groups is 1. The van der Waals surface area contributed by atoms with Crippen LogP contribution < -0.4 is 43.0 Å². The van der Waals surface area contributed by atoms with Gasteiger partial charge in [0.15, 0.2) is 0 Å². The van der Waals surface area contributed by atoms with Crippen LogP contribution in [0.4, 0.5) is 15.3 Å². The number of anilines is 1. The van der Waals surface area contributed by atoms with Gasteiger partial charge >= 0.3 is 12.1 Å². The van der Waals surface area contributed by atoms with Crippen LogP contribution >= 0.6 is 0 Å². The largest absolute Gasteiger partial charge is 0.445 e. The van der Waals surface area contributed by atoms with E-state index in [0.29, 0.717) is 81.4 Å². The number of nitrogens with two attached hydrogens (primary N) is 1. The van der Waals surface area contributed by atoms with Crippen LogP contribution in [0.5, 0.6) is 0 Å². The molecule has 0 radical (unpaired) electrons. The Labute approximate surface area is 609 Å². The summed E-state index contributed by atoms with van der Waals surface area (Å²) >= 11 is 0. The number of hydrogen-bond donors (Lipinski definition) is 9. The molecule has 27 nitrogen and oxygen atoms in total. The van der Waals surface area contributed by atoms with Crippen LogP contribution in [-0.2, 0) is 70.4 Å². The third kappa shape index (κ3) is 21.8. The number of unbranched alkanes of at least 4 members (excludes halogenated alkanes) is 2. The molecular formula is C77H107N13O14. The monoisotopic (exact) mass is 1440 g/mol. The second kappa shape index (κ2) is 38.9. The van der Waals surface area contributed by atoms with Crippen molar-refractivity contribution in [3.8, 4) is 11.3 Å². The average Bonchev–Trinajstić information content (AvgIpc) is 1.61. The number of imide groups is 1. The Kier molecular flexibility index (Phi) is 30.0. The summed E-state index contributed by atoms with van der Waals surface area (Å²) < 4.78 is 18.1. The number of H-pyrrole nitrogens is 1. The minimum atomic E-state index is -1.10. The quantitative estimate of drug-likeness (QED) is 0.0158. The second-order valence-electron chi connectivity index (χ2n) is 28.7. The van der Waals surface area contributed by atoms with Crippen molar-refractivity contribution in [3.05, 3.63) is 120 Å². The van der Waals surface area contributed by atoms with E-state index in [1.54, 1.807) is 58.5 Å². The first kappa shape index (κ1) is 80.2. The third-order valence-corrected chi connectivity index (χ3v) is 20.8. The van der Waals surface area contributed by atoms with Gasteiger partial charge in [-0.3, -0.25) is 53.0 Å². The van der Waals surface area contributed by atoms with Crippen LogP contribution in [-0.4, -0.2) is 179 Å². The molecule has 3 aromatic carbocycles. The molecule has 1 saturated carbocycles. The van der Waals surface area contributed by atoms with Crippen LogP contribution in [0.25, 0.3) is 11.3 Å². The van der Waals surface area contributed by atoms with Gasteiger partial charge in [-0.25, -0.2) is 14.6 Å². The number of piperidine rings is 1. The standard InChI is InChI=1S/C77H107N13O14/c1-10-48(6)56(61(102-8)42-65(94)88-39-21-27-60(88)69(103-9)49(7)71(95)85-58(40-50-22-14-11-15-23-50)70-80-44-59(83-70)52-24-16-12-17-25-52)43-81-73(97)66(46(2)3)87-75(99)68-53-31-34-55(41-53)90(68)77(101)104-45-51-29-32-54(33-30-51)82-72(96)57(26-20-37-79-76(78)100)84-74(98)67(47(4)5)86-62(91)28-18-13-19-38-89-63(92)35-36-64(89)93/h11-12,14-17,22-25,29-30,32-33,35-36,44,46-49,53,55-58,60-61,66-69H,10,13,18-21,26-28,31,34,37-43,45H2,1-9H3,(H,80,83)(H,81,97)(H,82,96)(H,84,98)(H,85,95)(H,86,91)(H,87,99)(H3,78,79,100)/t48-,49+,53-,55+,56+,57-,58-,60-,61+,66-,67-,68-,69+/m0/s1. The number of benzene rings is 3. The fraction of sp³-hybridized carbons (Fsp3) is 0.558. The summed E-state index contributed by atoms with van der Waals surface area (Å²) in [5.41, 5.74) is 9.01. The molecule has 4 aromatic rings. The number of fused-ring (bicyclic) bond motifs is 2. The van der Waals surface area contributed by atoms with Gasteiger partial charge in [-0.2, -0.15) is 0 Å². The zero-order chi connectivity index (χ0) is 75.1. The Morgan fingerprint density at radius 1 is 0.712 bits per heavy atom. The Hall–Kier alpha value is -9.50. The highest BCUT2D eigenvalue weighted by molar-refractivity contribution is 6.12. The molecule has 3 fully saturated rings. The predicted molar refractivity (Wildman–Crippen MR) is 390 cm³/mol. The molecule has 13 atom stereocenters. The predicted octanol–water partition coefficient (Wildman–Crippen LogP) is 7.13. The summed E-state index contributed by atoms with van der Waals surface area (Å²) in [4.78, 5) is 161. The van der Waals surface area contributed by atoms with Gasteiger partial charge in [0.25, 0.3) is 11.8 Å². The molecule has 3 aliphatic heterocycles. The molecule has 2 bridgehead atoms. The van der Waals surface area contributed by atoms with Crippen molar-refractivity contribution in [1.29, 1.82) is 0 Å². The first-order valence-electron chi connectivity index (χ1n) is 36.8. The van der Waals surface area contributed by atoms with E-state index in [1.165, 1.54) is 17.1 Å². The van der Waals surface area contributed by atoms with E-state index in [4.69, 9.17) is 24.9 Å². The van der Waals surface area contributed by atoms with Gasteiger partial charge in [0.05, 0.1) is 48.5 Å². The molecule has 104 heavy (non-hydrogen) atoms. The van der Waals surface area contributed by atoms with Crippen molar-refractivity contribution < 1.29 is 67.0 Å². The first-order chi connectivity index (χ1) is 49.9. The van der Waals surface area contributed by atoms with Crippen LogP contribution in [0.2, 0.25) is 0 Å². The van der Waals surface area contributed by atoms with Crippen molar-refractivity contribution in [2.75, 3.05) is 45.7 Å². The smallest absolute Gasteiger partial charge is 0.411 e. The number of imidazole rings is 1. The molecule has 8 rings (SSSR count). The molecule has 0 unspecified atom stereocenters. The molecule has 10 N–H and O–H groups in total. The second-order valence-corrected chi connectivity index (χ2v) is 28.7. The molecular weight excluding hydrogens is 1330 g/mol. The third-order valence-electron chi connectivity index (χ3n) is 20.8. The maximum absolute atomic E-state index is 14.7. The number of aromatic amines is 1. The first-order valence-corrected chi connectivity index (χ1v) is 36.8. The van der Waals surface area contributed by atoms with E-state index < -0.39 is 90.1 Å². The van der Waals surface area contributed by atoms with Crippen molar-refractivity contribution in [3.63, 3.8) is 0 Å². The molecule has 2 saturated heterocycles. The number of hydrogen-bond acceptors (Lipinski definition) is 15. The highest BCUT2D eigenvalue weighted by Gasteiger charge is 2.53. The van der Waals surface area contributed by atoms with Gasteiger partial charge in [-0.05, 0) is 117 Å². The SMILES string of the molecule is CC[C@H](C)[C@@H](CNC(=O)[C@@H](NC(=O)[C@@H]1[C@H]2CC[C@H](C2)N1C(=O)OCc1ccc(NC(=O)[C@H](CCCNC(N)=O)NC(=O)[C@@H](NC(=O)CCCCCN2C(=O)C=CC2=O)C(C)C)cc1)C(C)C)[C@@H](CC(=O)N1CCC[C@H]1[C@H](OC)[C@@H](C)C(=O)N[C@@H](Cc1ccccc1)c1ncc(-c2ccccc2)[nH]1)OC. The van der Waals surface area contributed by atoms with Crippen LogP contribution in [0.1, 0.15) is 155 Å². The Balaban J connectivity index is 0.830. The highest BCUT2D eigenvalue weighted by Crippen LogP contribution is 2.43. The lowest BCUT2D eigenvalue weighted by Gasteiger charge is -2.36. The maximum atomic E-state index is 14.7. The van der Waals surface area contributed by atoms with Gasteiger partial charge in [0.2, 0.25) is 41.4 Å². The highest BCUT2D eigenvalue weighted by atomic mass is 16.6. The van der Waals surface area contributed by atoms with Gasteiger partial charge < -0.3 is 67.0 Å². The Morgan fingerprint density at radius 3 is 2.05 bits per heavy atom. The topological polar surface area (TPSA) is 364 Å². The summed E-state index contributed by atoms with van der Waals surface area (Å²) in [5, 5.41) is 20.2. The molecule has 4 aliphatic rings. The average molecular weight is 1440 g/mol. The number of amides is 12. The van der Waals surface area contributed by atoms with Gasteiger partial charge in [0.1, 0.15) is 36.6 Å². The van der Waals surface area contributed by atoms with E-state index in [2.05, 4.69) is 49.1 Å².